The number of likely N-dealkylation sites (N-methyl/N-ethyl adjacent to an activating group) is 1. The lowest BCUT2D eigenvalue weighted by atomic mass is 10.0. The maximum absolute atomic E-state index is 6.27. The molecule has 0 radical (unpaired) electrons. The third-order valence-corrected chi connectivity index (χ3v) is 3.29. The molecule has 0 saturated heterocycles. The van der Waals surface area contributed by atoms with E-state index in [1.165, 1.54) is 11.1 Å². The Bertz CT molecular complexity index is 561. The highest BCUT2D eigenvalue weighted by Gasteiger charge is 2.22. The SMILES string of the molecule is CN(C)CC(C)(C)Oc1ccccc1Cc1ccccc1. The monoisotopic (exact) mass is 283 g/mol. The van der Waals surface area contributed by atoms with Crippen LogP contribution in [0.3, 0.4) is 0 Å². The van der Waals surface area contributed by atoms with E-state index < -0.39 is 0 Å². The van der Waals surface area contributed by atoms with E-state index in [0.29, 0.717) is 0 Å². The van der Waals surface area contributed by atoms with Gasteiger partial charge in [-0.1, -0.05) is 48.5 Å². The van der Waals surface area contributed by atoms with Gasteiger partial charge in [-0.05, 0) is 45.1 Å². The normalized spacial score (nSPS) is 11.7. The van der Waals surface area contributed by atoms with Gasteiger partial charge < -0.3 is 9.64 Å². The maximum Gasteiger partial charge on any atom is 0.123 e. The summed E-state index contributed by atoms with van der Waals surface area (Å²) in [5.74, 6) is 0.980. The molecule has 2 heteroatoms. The molecule has 0 aliphatic heterocycles. The molecule has 0 aliphatic rings. The van der Waals surface area contributed by atoms with Crippen LogP contribution in [0.15, 0.2) is 54.6 Å². The number of ether oxygens (including phenoxy) is 1. The summed E-state index contributed by atoms with van der Waals surface area (Å²) in [7, 11) is 4.14. The predicted molar refractivity (Wildman–Crippen MR) is 89.0 cm³/mol. The summed E-state index contributed by atoms with van der Waals surface area (Å²) >= 11 is 0. The Hall–Kier alpha value is -1.80. The molecule has 0 fully saturated rings. The van der Waals surface area contributed by atoms with E-state index in [1.54, 1.807) is 0 Å². The first-order chi connectivity index (χ1) is 9.96. The van der Waals surface area contributed by atoms with Gasteiger partial charge in [0.1, 0.15) is 11.4 Å². The van der Waals surface area contributed by atoms with E-state index in [4.69, 9.17) is 4.74 Å². The molecule has 21 heavy (non-hydrogen) atoms. The standard InChI is InChI=1S/C19H25NO/c1-19(2,15-20(3)4)21-18-13-9-8-12-17(18)14-16-10-6-5-7-11-16/h5-13H,14-15H2,1-4H3. The lowest BCUT2D eigenvalue weighted by Crippen LogP contribution is -2.39. The van der Waals surface area contributed by atoms with E-state index >= 15 is 0 Å². The van der Waals surface area contributed by atoms with Crippen LogP contribution in [0.2, 0.25) is 0 Å². The van der Waals surface area contributed by atoms with E-state index in [0.717, 1.165) is 18.7 Å². The fourth-order valence-electron chi connectivity index (χ4n) is 2.66. The quantitative estimate of drug-likeness (QED) is 0.794. The maximum atomic E-state index is 6.27. The van der Waals surface area contributed by atoms with Gasteiger partial charge in [-0.25, -0.2) is 0 Å². The third-order valence-electron chi connectivity index (χ3n) is 3.29. The van der Waals surface area contributed by atoms with Gasteiger partial charge in [0.2, 0.25) is 0 Å². The molecule has 0 bridgehead atoms. The fraction of sp³-hybridized carbons (Fsp3) is 0.368. The molecule has 0 saturated carbocycles. The first-order valence-electron chi connectivity index (χ1n) is 7.42. The van der Waals surface area contributed by atoms with Crippen molar-refractivity contribution in [2.45, 2.75) is 25.9 Å². The molecular weight excluding hydrogens is 258 g/mol. The van der Waals surface area contributed by atoms with Crippen molar-refractivity contribution in [3.05, 3.63) is 65.7 Å². The molecule has 2 aromatic carbocycles. The fourth-order valence-corrected chi connectivity index (χ4v) is 2.66. The molecule has 0 heterocycles. The molecule has 2 rings (SSSR count). The molecule has 0 aromatic heterocycles. The summed E-state index contributed by atoms with van der Waals surface area (Å²) in [4.78, 5) is 2.15. The second kappa shape index (κ2) is 6.77. The van der Waals surface area contributed by atoms with E-state index in [9.17, 15) is 0 Å². The van der Waals surface area contributed by atoms with Crippen molar-refractivity contribution in [1.29, 1.82) is 0 Å². The number of para-hydroxylation sites is 1. The molecule has 112 valence electrons. The molecular formula is C19H25NO. The average molecular weight is 283 g/mol. The van der Waals surface area contributed by atoms with Gasteiger partial charge in [-0.2, -0.15) is 0 Å². The summed E-state index contributed by atoms with van der Waals surface area (Å²) in [5.41, 5.74) is 2.32. The zero-order chi connectivity index (χ0) is 15.3. The molecule has 0 N–H and O–H groups in total. The minimum atomic E-state index is -0.212. The van der Waals surface area contributed by atoms with Crippen molar-refractivity contribution >= 4 is 0 Å². The van der Waals surface area contributed by atoms with E-state index in [-0.39, 0.29) is 5.60 Å². The summed E-state index contributed by atoms with van der Waals surface area (Å²) in [6.45, 7) is 5.14. The molecule has 2 nitrogen and oxygen atoms in total. The summed E-state index contributed by atoms with van der Waals surface area (Å²) in [6.07, 6.45) is 0.898. The lowest BCUT2D eigenvalue weighted by molar-refractivity contribution is 0.0765. The number of hydrogen-bond acceptors (Lipinski definition) is 2. The van der Waals surface area contributed by atoms with Gasteiger partial charge in [0.05, 0.1) is 0 Å². The number of nitrogens with zero attached hydrogens (tertiary/aromatic N) is 1. The molecule has 0 amide bonds. The Kier molecular flexibility index (Phi) is 5.03. The van der Waals surface area contributed by atoms with Crippen molar-refractivity contribution in [3.8, 4) is 5.75 Å². The van der Waals surface area contributed by atoms with E-state index in [1.807, 2.05) is 12.1 Å². The van der Waals surface area contributed by atoms with Crippen molar-refractivity contribution in [2.75, 3.05) is 20.6 Å². The van der Waals surface area contributed by atoms with Crippen LogP contribution >= 0.6 is 0 Å². The van der Waals surface area contributed by atoms with Crippen LogP contribution in [0, 0.1) is 0 Å². The van der Waals surface area contributed by atoms with Crippen molar-refractivity contribution in [1.82, 2.24) is 4.90 Å². The number of hydrogen-bond donors (Lipinski definition) is 0. The summed E-state index contributed by atoms with van der Waals surface area (Å²) in [5, 5.41) is 0. The van der Waals surface area contributed by atoms with Crippen LogP contribution in [0.1, 0.15) is 25.0 Å². The second-order valence-electron chi connectivity index (χ2n) is 6.37. The van der Waals surface area contributed by atoms with Gasteiger partial charge in [0.15, 0.2) is 0 Å². The average Bonchev–Trinajstić information content (AvgIpc) is 2.40. The zero-order valence-corrected chi connectivity index (χ0v) is 13.5. The Morgan fingerprint density at radius 1 is 0.905 bits per heavy atom. The predicted octanol–water partition coefficient (Wildman–Crippen LogP) is 4.00. The van der Waals surface area contributed by atoms with Crippen LogP contribution in [0.5, 0.6) is 5.75 Å². The van der Waals surface area contributed by atoms with Gasteiger partial charge in [0.25, 0.3) is 0 Å². The number of rotatable bonds is 6. The minimum absolute atomic E-state index is 0.212. The Balaban J connectivity index is 2.17. The van der Waals surface area contributed by atoms with E-state index in [2.05, 4.69) is 75.3 Å². The van der Waals surface area contributed by atoms with Crippen LogP contribution in [-0.2, 0) is 6.42 Å². The zero-order valence-electron chi connectivity index (χ0n) is 13.5. The lowest BCUT2D eigenvalue weighted by Gasteiger charge is -2.30. The van der Waals surface area contributed by atoms with Crippen LogP contribution in [0.25, 0.3) is 0 Å². The summed E-state index contributed by atoms with van der Waals surface area (Å²) < 4.78 is 6.27. The third kappa shape index (κ3) is 4.91. The topological polar surface area (TPSA) is 12.5 Å². The first-order valence-corrected chi connectivity index (χ1v) is 7.42. The van der Waals surface area contributed by atoms with Crippen LogP contribution in [0.4, 0.5) is 0 Å². The molecule has 0 unspecified atom stereocenters. The van der Waals surface area contributed by atoms with Crippen LogP contribution < -0.4 is 4.74 Å². The van der Waals surface area contributed by atoms with Crippen molar-refractivity contribution in [2.24, 2.45) is 0 Å². The second-order valence-corrected chi connectivity index (χ2v) is 6.37. The highest BCUT2D eigenvalue weighted by molar-refractivity contribution is 5.37. The first kappa shape index (κ1) is 15.6. The van der Waals surface area contributed by atoms with Gasteiger partial charge in [0, 0.05) is 13.0 Å². The summed E-state index contributed by atoms with van der Waals surface area (Å²) in [6, 6.07) is 18.8. The largest absolute Gasteiger partial charge is 0.486 e. The highest BCUT2D eigenvalue weighted by Crippen LogP contribution is 2.25. The molecule has 0 spiro atoms. The Morgan fingerprint density at radius 2 is 1.52 bits per heavy atom. The van der Waals surface area contributed by atoms with Gasteiger partial charge in [-0.3, -0.25) is 0 Å². The Labute approximate surface area is 128 Å². The Morgan fingerprint density at radius 3 is 2.19 bits per heavy atom. The molecule has 2 aromatic rings. The highest BCUT2D eigenvalue weighted by atomic mass is 16.5. The molecule has 0 aliphatic carbocycles. The van der Waals surface area contributed by atoms with Gasteiger partial charge in [-0.15, -0.1) is 0 Å². The van der Waals surface area contributed by atoms with Gasteiger partial charge >= 0.3 is 0 Å². The van der Waals surface area contributed by atoms with Crippen molar-refractivity contribution < 1.29 is 4.74 Å². The smallest absolute Gasteiger partial charge is 0.123 e. The minimum Gasteiger partial charge on any atom is -0.486 e. The van der Waals surface area contributed by atoms with Crippen LogP contribution in [-0.4, -0.2) is 31.1 Å². The van der Waals surface area contributed by atoms with Crippen molar-refractivity contribution in [3.63, 3.8) is 0 Å². The molecule has 0 atom stereocenters. The number of benzene rings is 2.